The van der Waals surface area contributed by atoms with Crippen LogP contribution in [0.5, 0.6) is 0 Å². The van der Waals surface area contributed by atoms with Crippen molar-refractivity contribution in [3.8, 4) is 0 Å². The highest BCUT2D eigenvalue weighted by Crippen LogP contribution is 2.11. The molecule has 4 nitrogen and oxygen atoms in total. The molecular weight excluding hydrogens is 166 g/mol. The molecule has 68 valence electrons. The minimum Gasteiger partial charge on any atom is -0.360 e. The van der Waals surface area contributed by atoms with Gasteiger partial charge in [-0.25, -0.2) is 0 Å². The molecule has 0 aliphatic carbocycles. The minimum atomic E-state index is 0.488. The molecule has 13 heavy (non-hydrogen) atoms. The first-order valence-electron chi connectivity index (χ1n) is 4.08. The zero-order valence-electron chi connectivity index (χ0n) is 7.36. The van der Waals surface area contributed by atoms with Gasteiger partial charge in [0.1, 0.15) is 0 Å². The van der Waals surface area contributed by atoms with E-state index in [1.165, 1.54) is 0 Å². The van der Waals surface area contributed by atoms with E-state index in [4.69, 9.17) is 5.21 Å². The number of aromatic amines is 1. The van der Waals surface area contributed by atoms with Gasteiger partial charge in [0.25, 0.3) is 0 Å². The zero-order valence-corrected chi connectivity index (χ0v) is 7.36. The third-order valence-corrected chi connectivity index (χ3v) is 1.87. The van der Waals surface area contributed by atoms with Gasteiger partial charge in [-0.1, -0.05) is 0 Å². The molecule has 0 spiro atoms. The average Bonchev–Trinajstić information content (AvgIpc) is 2.49. The Hall–Kier alpha value is -1.39. The van der Waals surface area contributed by atoms with Gasteiger partial charge in [0.05, 0.1) is 17.6 Å². The van der Waals surface area contributed by atoms with Crippen molar-refractivity contribution in [1.29, 1.82) is 0 Å². The molecule has 2 aromatic rings. The molecule has 0 atom stereocenters. The maximum absolute atomic E-state index is 9.02. The maximum Gasteiger partial charge on any atom is 0.0878 e. The minimum absolute atomic E-state index is 0.488. The predicted molar refractivity (Wildman–Crippen MR) is 49.3 cm³/mol. The summed E-state index contributed by atoms with van der Waals surface area (Å²) >= 11 is 0. The molecular formula is C9H11N3O. The molecule has 2 aromatic heterocycles. The molecule has 0 saturated carbocycles. The molecule has 0 fully saturated rings. The summed E-state index contributed by atoms with van der Waals surface area (Å²) in [4.78, 5) is 7.30. The third-order valence-electron chi connectivity index (χ3n) is 1.87. The zero-order chi connectivity index (χ0) is 9.26. The van der Waals surface area contributed by atoms with Crippen molar-refractivity contribution >= 4 is 11.0 Å². The summed E-state index contributed by atoms with van der Waals surface area (Å²) in [5.41, 5.74) is 2.93. The molecule has 4 heteroatoms. The van der Waals surface area contributed by atoms with Crippen molar-refractivity contribution in [3.05, 3.63) is 30.1 Å². The van der Waals surface area contributed by atoms with Gasteiger partial charge in [0.15, 0.2) is 0 Å². The molecule has 0 saturated heterocycles. The summed E-state index contributed by atoms with van der Waals surface area (Å²) in [7, 11) is 1.61. The number of aromatic nitrogens is 2. The van der Waals surface area contributed by atoms with Gasteiger partial charge in [-0.2, -0.15) is 5.06 Å². The lowest BCUT2D eigenvalue weighted by Crippen LogP contribution is -2.11. The van der Waals surface area contributed by atoms with E-state index in [-0.39, 0.29) is 0 Å². The molecule has 0 aliphatic heterocycles. The van der Waals surface area contributed by atoms with Gasteiger partial charge in [0.2, 0.25) is 0 Å². The molecule has 0 aliphatic rings. The topological polar surface area (TPSA) is 52.1 Å². The van der Waals surface area contributed by atoms with Gasteiger partial charge in [-0.05, 0) is 17.7 Å². The Bertz CT molecular complexity index is 408. The van der Waals surface area contributed by atoms with E-state index in [1.807, 2.05) is 18.3 Å². The molecule has 0 unspecified atom stereocenters. The van der Waals surface area contributed by atoms with Crippen molar-refractivity contribution in [2.24, 2.45) is 0 Å². The summed E-state index contributed by atoms with van der Waals surface area (Å²) in [5, 5.41) is 10.2. The van der Waals surface area contributed by atoms with Crippen LogP contribution >= 0.6 is 0 Å². The molecule has 2 rings (SSSR count). The van der Waals surface area contributed by atoms with E-state index in [0.29, 0.717) is 6.54 Å². The largest absolute Gasteiger partial charge is 0.360 e. The van der Waals surface area contributed by atoms with Crippen molar-refractivity contribution in [1.82, 2.24) is 15.0 Å². The lowest BCUT2D eigenvalue weighted by molar-refractivity contribution is -0.0731. The van der Waals surface area contributed by atoms with Crippen LogP contribution in [0.2, 0.25) is 0 Å². The summed E-state index contributed by atoms with van der Waals surface area (Å²) < 4.78 is 0. The molecule has 0 radical (unpaired) electrons. The van der Waals surface area contributed by atoms with Crippen LogP contribution in [0.3, 0.4) is 0 Å². The molecule has 0 aromatic carbocycles. The number of H-pyrrole nitrogens is 1. The van der Waals surface area contributed by atoms with Crippen LogP contribution in [0.4, 0.5) is 0 Å². The summed E-state index contributed by atoms with van der Waals surface area (Å²) in [6.07, 6.45) is 3.62. The fourth-order valence-electron chi connectivity index (χ4n) is 1.33. The van der Waals surface area contributed by atoms with Crippen LogP contribution in [0, 0.1) is 0 Å². The SMILES string of the molecule is CN(O)Cc1cnc2cc[nH]c2c1. The van der Waals surface area contributed by atoms with Crippen LogP contribution in [-0.4, -0.2) is 27.3 Å². The standard InChI is InChI=1S/C9H11N3O/c1-12(13)6-7-4-9-8(11-5-7)2-3-10-9/h2-5,10,13H,6H2,1H3. The summed E-state index contributed by atoms with van der Waals surface area (Å²) in [5.74, 6) is 0. The second-order valence-corrected chi connectivity index (χ2v) is 3.07. The first-order chi connectivity index (χ1) is 6.25. The van der Waals surface area contributed by atoms with Gasteiger partial charge in [-0.15, -0.1) is 0 Å². The Labute approximate surface area is 75.8 Å². The molecule has 2 N–H and O–H groups in total. The molecule has 0 amide bonds. The summed E-state index contributed by atoms with van der Waals surface area (Å²) in [6, 6.07) is 3.90. The fraction of sp³-hybridized carbons (Fsp3) is 0.222. The Kier molecular flexibility index (Phi) is 2.00. The molecule has 0 bridgehead atoms. The van der Waals surface area contributed by atoms with Crippen LogP contribution in [0.15, 0.2) is 24.5 Å². The summed E-state index contributed by atoms with van der Waals surface area (Å²) in [6.45, 7) is 0.488. The number of nitrogens with one attached hydrogen (secondary N) is 1. The van der Waals surface area contributed by atoms with Crippen LogP contribution in [-0.2, 0) is 6.54 Å². The second-order valence-electron chi connectivity index (χ2n) is 3.07. The van der Waals surface area contributed by atoms with Gasteiger partial charge in [0, 0.05) is 19.4 Å². The van der Waals surface area contributed by atoms with E-state index in [0.717, 1.165) is 21.7 Å². The normalized spacial score (nSPS) is 11.3. The number of hydrogen-bond acceptors (Lipinski definition) is 3. The quantitative estimate of drug-likeness (QED) is 0.681. The average molecular weight is 177 g/mol. The Morgan fingerprint density at radius 2 is 2.46 bits per heavy atom. The highest BCUT2D eigenvalue weighted by atomic mass is 16.5. The Morgan fingerprint density at radius 1 is 1.62 bits per heavy atom. The highest BCUT2D eigenvalue weighted by molar-refractivity contribution is 5.74. The van der Waals surface area contributed by atoms with E-state index >= 15 is 0 Å². The van der Waals surface area contributed by atoms with E-state index in [9.17, 15) is 0 Å². The number of pyridine rings is 1. The molecule has 2 heterocycles. The lowest BCUT2D eigenvalue weighted by atomic mass is 10.2. The predicted octanol–water partition coefficient (Wildman–Crippen LogP) is 1.38. The van der Waals surface area contributed by atoms with Gasteiger partial charge >= 0.3 is 0 Å². The van der Waals surface area contributed by atoms with E-state index < -0.39 is 0 Å². The van der Waals surface area contributed by atoms with Crippen LogP contribution < -0.4 is 0 Å². The fourth-order valence-corrected chi connectivity index (χ4v) is 1.33. The van der Waals surface area contributed by atoms with Gasteiger partial charge in [-0.3, -0.25) is 4.98 Å². The van der Waals surface area contributed by atoms with Crippen molar-refractivity contribution in [3.63, 3.8) is 0 Å². The Balaban J connectivity index is 2.37. The Morgan fingerprint density at radius 3 is 3.23 bits per heavy atom. The smallest absolute Gasteiger partial charge is 0.0878 e. The number of hydroxylamine groups is 2. The highest BCUT2D eigenvalue weighted by Gasteiger charge is 1.99. The first kappa shape index (κ1) is 8.22. The number of rotatable bonds is 2. The number of hydrogen-bond donors (Lipinski definition) is 2. The van der Waals surface area contributed by atoms with E-state index in [2.05, 4.69) is 9.97 Å². The van der Waals surface area contributed by atoms with Crippen molar-refractivity contribution in [2.45, 2.75) is 6.54 Å². The van der Waals surface area contributed by atoms with Gasteiger partial charge < -0.3 is 10.2 Å². The van der Waals surface area contributed by atoms with E-state index in [1.54, 1.807) is 13.2 Å². The van der Waals surface area contributed by atoms with Crippen LogP contribution in [0.25, 0.3) is 11.0 Å². The third kappa shape index (κ3) is 1.68. The number of nitrogens with zero attached hydrogens (tertiary/aromatic N) is 2. The number of fused-ring (bicyclic) bond motifs is 1. The van der Waals surface area contributed by atoms with Crippen LogP contribution in [0.1, 0.15) is 5.56 Å². The lowest BCUT2D eigenvalue weighted by Gasteiger charge is -2.06. The van der Waals surface area contributed by atoms with Crippen molar-refractivity contribution in [2.75, 3.05) is 7.05 Å². The first-order valence-corrected chi connectivity index (χ1v) is 4.08. The monoisotopic (exact) mass is 177 g/mol. The second kappa shape index (κ2) is 3.16. The van der Waals surface area contributed by atoms with Crippen molar-refractivity contribution < 1.29 is 5.21 Å². The maximum atomic E-state index is 9.02.